The van der Waals surface area contributed by atoms with Gasteiger partial charge in [-0.3, -0.25) is 9.25 Å². The summed E-state index contributed by atoms with van der Waals surface area (Å²) in [6.07, 6.45) is 0. The molecule has 1 N–H and O–H groups in total. The molecule has 3 aromatic rings. The van der Waals surface area contributed by atoms with Gasteiger partial charge in [0.25, 0.3) is 0 Å². The third-order valence-electron chi connectivity index (χ3n) is 3.25. The van der Waals surface area contributed by atoms with Gasteiger partial charge in [0, 0.05) is 18.1 Å². The Labute approximate surface area is 119 Å². The van der Waals surface area contributed by atoms with E-state index in [0.717, 1.165) is 27.6 Å². The molecule has 1 unspecified atom stereocenters. The maximum absolute atomic E-state index is 5.45. The second-order valence-electron chi connectivity index (χ2n) is 4.71. The number of imidazole rings is 1. The standard InChI is InChI=1S/C12H15N5S2/c1-6-5-19-10(13-6)8(3)17-11-9(14-12(17)18)7(2)15-16(11)4/h5,8H,1-4H3,(H,14,18). The van der Waals surface area contributed by atoms with Crippen LogP contribution in [0, 0.1) is 18.6 Å². The van der Waals surface area contributed by atoms with Gasteiger partial charge >= 0.3 is 0 Å². The van der Waals surface area contributed by atoms with Crippen molar-refractivity contribution in [1.29, 1.82) is 0 Å². The minimum absolute atomic E-state index is 0.106. The van der Waals surface area contributed by atoms with E-state index in [0.29, 0.717) is 4.77 Å². The highest BCUT2D eigenvalue weighted by Crippen LogP contribution is 2.27. The molecule has 0 saturated carbocycles. The molecule has 0 aliphatic carbocycles. The van der Waals surface area contributed by atoms with E-state index in [2.05, 4.69) is 31.9 Å². The fraction of sp³-hybridized carbons (Fsp3) is 0.417. The van der Waals surface area contributed by atoms with Crippen molar-refractivity contribution in [3.8, 4) is 0 Å². The minimum atomic E-state index is 0.106. The van der Waals surface area contributed by atoms with Gasteiger partial charge in [-0.15, -0.1) is 11.3 Å². The molecule has 7 heteroatoms. The Morgan fingerprint density at radius 2 is 2.16 bits per heavy atom. The van der Waals surface area contributed by atoms with E-state index < -0.39 is 0 Å². The Morgan fingerprint density at radius 1 is 1.42 bits per heavy atom. The second kappa shape index (κ2) is 4.28. The zero-order chi connectivity index (χ0) is 13.7. The number of fused-ring (bicyclic) bond motifs is 1. The first-order valence-corrected chi connectivity index (χ1v) is 7.33. The number of nitrogens with zero attached hydrogens (tertiary/aromatic N) is 4. The number of nitrogens with one attached hydrogen (secondary N) is 1. The molecule has 0 spiro atoms. The van der Waals surface area contributed by atoms with E-state index in [9.17, 15) is 0 Å². The largest absolute Gasteiger partial charge is 0.328 e. The molecule has 100 valence electrons. The predicted octanol–water partition coefficient (Wildman–Crippen LogP) is 3.12. The SMILES string of the molecule is Cc1csc(C(C)n2c(=S)[nH]c3c(C)nn(C)c32)n1. The van der Waals surface area contributed by atoms with Crippen LogP contribution in [0.1, 0.15) is 29.4 Å². The Bertz CT molecular complexity index is 804. The summed E-state index contributed by atoms with van der Waals surface area (Å²) in [5.41, 5.74) is 4.03. The van der Waals surface area contributed by atoms with Gasteiger partial charge in [-0.2, -0.15) is 5.10 Å². The number of aromatic amines is 1. The predicted molar refractivity (Wildman–Crippen MR) is 79.3 cm³/mol. The summed E-state index contributed by atoms with van der Waals surface area (Å²) >= 11 is 7.12. The van der Waals surface area contributed by atoms with E-state index in [1.54, 1.807) is 11.3 Å². The van der Waals surface area contributed by atoms with Crippen LogP contribution in [0.5, 0.6) is 0 Å². The van der Waals surface area contributed by atoms with Crippen molar-refractivity contribution in [2.75, 3.05) is 0 Å². The van der Waals surface area contributed by atoms with Crippen LogP contribution in [-0.4, -0.2) is 24.3 Å². The Kier molecular flexibility index (Phi) is 2.83. The van der Waals surface area contributed by atoms with Crippen LogP contribution in [0.4, 0.5) is 0 Å². The molecule has 3 aromatic heterocycles. The summed E-state index contributed by atoms with van der Waals surface area (Å²) in [4.78, 5) is 7.80. The molecule has 1 atom stereocenters. The summed E-state index contributed by atoms with van der Waals surface area (Å²) in [5, 5.41) is 7.56. The molecule has 0 aromatic carbocycles. The van der Waals surface area contributed by atoms with Crippen molar-refractivity contribution in [2.45, 2.75) is 26.8 Å². The molecular weight excluding hydrogens is 278 g/mol. The average Bonchev–Trinajstić information content (AvgIpc) is 2.97. The monoisotopic (exact) mass is 293 g/mol. The topological polar surface area (TPSA) is 51.4 Å². The van der Waals surface area contributed by atoms with Crippen molar-refractivity contribution in [1.82, 2.24) is 24.3 Å². The first-order valence-electron chi connectivity index (χ1n) is 6.05. The lowest BCUT2D eigenvalue weighted by atomic mass is 10.3. The van der Waals surface area contributed by atoms with Crippen molar-refractivity contribution in [2.24, 2.45) is 7.05 Å². The van der Waals surface area contributed by atoms with Crippen LogP contribution in [0.2, 0.25) is 0 Å². The van der Waals surface area contributed by atoms with Gasteiger partial charge in [-0.1, -0.05) is 0 Å². The summed E-state index contributed by atoms with van der Waals surface area (Å²) < 4.78 is 4.67. The Balaban J connectivity index is 2.25. The summed E-state index contributed by atoms with van der Waals surface area (Å²) in [5.74, 6) is 0. The molecule has 3 heterocycles. The lowest BCUT2D eigenvalue weighted by molar-refractivity contribution is 0.616. The third kappa shape index (κ3) is 1.84. The molecule has 0 fully saturated rings. The highest BCUT2D eigenvalue weighted by Gasteiger charge is 2.19. The van der Waals surface area contributed by atoms with E-state index in [4.69, 9.17) is 12.2 Å². The first kappa shape index (κ1) is 12.6. The van der Waals surface area contributed by atoms with E-state index >= 15 is 0 Å². The molecule has 0 radical (unpaired) electrons. The average molecular weight is 293 g/mol. The van der Waals surface area contributed by atoms with Crippen LogP contribution in [0.25, 0.3) is 11.2 Å². The second-order valence-corrected chi connectivity index (χ2v) is 5.99. The molecule has 5 nitrogen and oxygen atoms in total. The minimum Gasteiger partial charge on any atom is -0.328 e. The van der Waals surface area contributed by atoms with Crippen molar-refractivity contribution in [3.63, 3.8) is 0 Å². The number of rotatable bonds is 2. The van der Waals surface area contributed by atoms with Gasteiger partial charge in [-0.05, 0) is 33.0 Å². The van der Waals surface area contributed by atoms with Gasteiger partial charge in [0.05, 0.1) is 11.7 Å². The molecule has 0 aliphatic heterocycles. The molecule has 0 bridgehead atoms. The molecule has 19 heavy (non-hydrogen) atoms. The highest BCUT2D eigenvalue weighted by atomic mass is 32.1. The molecular formula is C12H15N5S2. The van der Waals surface area contributed by atoms with E-state index in [1.165, 1.54) is 0 Å². The van der Waals surface area contributed by atoms with Crippen LogP contribution in [-0.2, 0) is 7.05 Å². The van der Waals surface area contributed by atoms with Crippen LogP contribution in [0.3, 0.4) is 0 Å². The first-order chi connectivity index (χ1) is 8.99. The lowest BCUT2D eigenvalue weighted by Gasteiger charge is -2.11. The van der Waals surface area contributed by atoms with Gasteiger partial charge in [0.15, 0.2) is 10.4 Å². The quantitative estimate of drug-likeness (QED) is 0.739. The maximum Gasteiger partial charge on any atom is 0.179 e. The Morgan fingerprint density at radius 3 is 2.79 bits per heavy atom. The van der Waals surface area contributed by atoms with Gasteiger partial charge in [0.1, 0.15) is 10.5 Å². The number of thiazole rings is 1. The Hall–Kier alpha value is -1.47. The number of hydrogen-bond acceptors (Lipinski definition) is 4. The normalized spacial score (nSPS) is 13.3. The highest BCUT2D eigenvalue weighted by molar-refractivity contribution is 7.71. The van der Waals surface area contributed by atoms with E-state index in [1.807, 2.05) is 25.6 Å². The fourth-order valence-electron chi connectivity index (χ4n) is 2.37. The van der Waals surface area contributed by atoms with Gasteiger partial charge in [-0.25, -0.2) is 4.98 Å². The van der Waals surface area contributed by atoms with Crippen LogP contribution in [0.15, 0.2) is 5.38 Å². The summed E-state index contributed by atoms with van der Waals surface area (Å²) in [7, 11) is 1.94. The fourth-order valence-corrected chi connectivity index (χ4v) is 3.56. The number of H-pyrrole nitrogens is 1. The lowest BCUT2D eigenvalue weighted by Crippen LogP contribution is -2.09. The molecule has 0 saturated heterocycles. The maximum atomic E-state index is 5.45. The molecule has 0 amide bonds. The summed E-state index contributed by atoms with van der Waals surface area (Å²) in [6.45, 7) is 6.10. The van der Waals surface area contributed by atoms with Gasteiger partial charge in [0.2, 0.25) is 0 Å². The van der Waals surface area contributed by atoms with E-state index in [-0.39, 0.29) is 6.04 Å². The zero-order valence-corrected chi connectivity index (χ0v) is 12.9. The zero-order valence-electron chi connectivity index (χ0n) is 11.3. The van der Waals surface area contributed by atoms with Crippen molar-refractivity contribution in [3.05, 3.63) is 26.5 Å². The number of hydrogen-bond donors (Lipinski definition) is 1. The van der Waals surface area contributed by atoms with Crippen LogP contribution < -0.4 is 0 Å². The molecule has 0 aliphatic rings. The molecule has 3 rings (SSSR count). The third-order valence-corrected chi connectivity index (χ3v) is 4.68. The van der Waals surface area contributed by atoms with Gasteiger partial charge < -0.3 is 4.98 Å². The number of aromatic nitrogens is 5. The van der Waals surface area contributed by atoms with Crippen LogP contribution >= 0.6 is 23.6 Å². The smallest absolute Gasteiger partial charge is 0.179 e. The van der Waals surface area contributed by atoms with Crippen molar-refractivity contribution < 1.29 is 0 Å². The number of aryl methyl sites for hydroxylation is 3. The summed E-state index contributed by atoms with van der Waals surface area (Å²) in [6, 6.07) is 0.106. The van der Waals surface area contributed by atoms with Crippen molar-refractivity contribution >= 4 is 34.7 Å².